The zero-order valence-corrected chi connectivity index (χ0v) is 11.5. The van der Waals surface area contributed by atoms with Gasteiger partial charge in [0.15, 0.2) is 0 Å². The van der Waals surface area contributed by atoms with Crippen molar-refractivity contribution in [2.45, 2.75) is 63.8 Å². The Labute approximate surface area is 114 Å². The number of unbranched alkanes of at least 4 members (excludes halogenated alkanes) is 2. The summed E-state index contributed by atoms with van der Waals surface area (Å²) in [6.45, 7) is 2.13. The lowest BCUT2D eigenvalue weighted by Gasteiger charge is -2.15. The Bertz CT molecular complexity index is 339. The van der Waals surface area contributed by atoms with Gasteiger partial charge in [0.05, 0.1) is 18.6 Å². The lowest BCUT2D eigenvalue weighted by Crippen LogP contribution is -2.18. The largest absolute Gasteiger partial charge is 0.462 e. The highest BCUT2D eigenvalue weighted by atomic mass is 16.6. The molecule has 0 aromatic rings. The molecule has 2 fully saturated rings. The topological polar surface area (TPSA) is 66.8 Å². The number of carbonyl (C=O) groups is 1. The van der Waals surface area contributed by atoms with E-state index in [1.54, 1.807) is 6.08 Å². The maximum absolute atomic E-state index is 11.2. The van der Waals surface area contributed by atoms with E-state index in [1.165, 1.54) is 0 Å². The normalized spacial score (nSPS) is 35.6. The molecule has 108 valence electrons. The van der Waals surface area contributed by atoms with Crippen molar-refractivity contribution in [3.63, 3.8) is 0 Å². The van der Waals surface area contributed by atoms with Gasteiger partial charge in [-0.25, -0.2) is 0 Å². The van der Waals surface area contributed by atoms with E-state index in [0.29, 0.717) is 12.8 Å². The van der Waals surface area contributed by atoms with E-state index < -0.39 is 12.2 Å². The van der Waals surface area contributed by atoms with Crippen LogP contribution in [0.25, 0.3) is 0 Å². The van der Waals surface area contributed by atoms with Crippen LogP contribution < -0.4 is 0 Å². The fraction of sp³-hybridized carbons (Fsp3) is 0.800. The van der Waals surface area contributed by atoms with Crippen LogP contribution in [0.1, 0.15) is 45.4 Å². The van der Waals surface area contributed by atoms with Crippen LogP contribution in [-0.2, 0) is 9.53 Å². The number of fused-ring (bicyclic) bond motifs is 1. The van der Waals surface area contributed by atoms with Gasteiger partial charge in [-0.1, -0.05) is 38.3 Å². The van der Waals surface area contributed by atoms with Gasteiger partial charge in [-0.2, -0.15) is 0 Å². The van der Waals surface area contributed by atoms with E-state index in [1.807, 2.05) is 6.08 Å². The summed E-state index contributed by atoms with van der Waals surface area (Å²) in [7, 11) is 0. The fourth-order valence-electron chi connectivity index (χ4n) is 3.14. The second-order valence-corrected chi connectivity index (χ2v) is 5.72. The summed E-state index contributed by atoms with van der Waals surface area (Å²) in [5.74, 6) is -0.136. The molecule has 0 amide bonds. The standard InChI is InChI=1S/C15H24O4/c1-2-3-4-5-10(16)6-7-11-12-8-15(18)19-14(12)9-13(11)17/h6-7,10-14,16-17H,2-5,8-9H2,1H3/b7-6+/t10-,11-,12-,13+,14+/m0/s1. The third kappa shape index (κ3) is 3.57. The first-order valence-corrected chi connectivity index (χ1v) is 7.35. The van der Waals surface area contributed by atoms with Crippen molar-refractivity contribution in [3.05, 3.63) is 12.2 Å². The number of hydrogen-bond acceptors (Lipinski definition) is 4. The second-order valence-electron chi connectivity index (χ2n) is 5.72. The minimum atomic E-state index is -0.456. The lowest BCUT2D eigenvalue weighted by molar-refractivity contribution is -0.141. The lowest BCUT2D eigenvalue weighted by atomic mass is 9.91. The molecule has 0 aromatic carbocycles. The predicted octanol–water partition coefficient (Wildman–Crippen LogP) is 1.80. The Balaban J connectivity index is 1.85. The molecule has 19 heavy (non-hydrogen) atoms. The molecule has 4 heteroatoms. The molecule has 2 rings (SSSR count). The van der Waals surface area contributed by atoms with E-state index in [9.17, 15) is 15.0 Å². The molecule has 2 aliphatic rings. The minimum absolute atomic E-state index is 0.0581. The van der Waals surface area contributed by atoms with E-state index in [2.05, 4.69) is 6.92 Å². The van der Waals surface area contributed by atoms with Crippen LogP contribution in [-0.4, -0.2) is 34.5 Å². The second kappa shape index (κ2) is 6.53. The molecule has 5 atom stereocenters. The van der Waals surface area contributed by atoms with E-state index in [-0.39, 0.29) is 23.9 Å². The first-order chi connectivity index (χ1) is 9.11. The average Bonchev–Trinajstić information content (AvgIpc) is 2.82. The summed E-state index contributed by atoms with van der Waals surface area (Å²) >= 11 is 0. The van der Waals surface area contributed by atoms with Crippen LogP contribution in [0.15, 0.2) is 12.2 Å². The monoisotopic (exact) mass is 268 g/mol. The number of hydrogen-bond donors (Lipinski definition) is 2. The summed E-state index contributed by atoms with van der Waals surface area (Å²) in [6.07, 6.45) is 7.58. The van der Waals surface area contributed by atoms with Gasteiger partial charge in [0.1, 0.15) is 6.10 Å². The van der Waals surface area contributed by atoms with Crippen molar-refractivity contribution in [2.24, 2.45) is 11.8 Å². The third-order valence-corrected chi connectivity index (χ3v) is 4.23. The van der Waals surface area contributed by atoms with E-state index in [4.69, 9.17) is 4.74 Å². The Hall–Kier alpha value is -0.870. The molecule has 1 heterocycles. The van der Waals surface area contributed by atoms with Crippen LogP contribution in [0, 0.1) is 11.8 Å². The van der Waals surface area contributed by atoms with Crippen LogP contribution >= 0.6 is 0 Å². The minimum Gasteiger partial charge on any atom is -0.462 e. The summed E-state index contributed by atoms with van der Waals surface area (Å²) in [5, 5.41) is 19.8. The van der Waals surface area contributed by atoms with Crippen molar-refractivity contribution >= 4 is 5.97 Å². The summed E-state index contributed by atoms with van der Waals surface area (Å²) in [5.41, 5.74) is 0. The number of aliphatic hydroxyl groups is 2. The first kappa shape index (κ1) is 14.5. The van der Waals surface area contributed by atoms with Gasteiger partial charge in [-0.05, 0) is 6.42 Å². The number of carbonyl (C=O) groups excluding carboxylic acids is 1. The highest BCUT2D eigenvalue weighted by Crippen LogP contribution is 2.42. The van der Waals surface area contributed by atoms with Crippen molar-refractivity contribution in [3.8, 4) is 0 Å². The van der Waals surface area contributed by atoms with Crippen molar-refractivity contribution in [2.75, 3.05) is 0 Å². The first-order valence-electron chi connectivity index (χ1n) is 7.35. The zero-order valence-electron chi connectivity index (χ0n) is 11.5. The number of ether oxygens (including phenoxy) is 1. The maximum atomic E-state index is 11.2. The molecule has 0 radical (unpaired) electrons. The van der Waals surface area contributed by atoms with Gasteiger partial charge in [0.25, 0.3) is 0 Å². The summed E-state index contributed by atoms with van der Waals surface area (Å²) < 4.78 is 5.18. The summed E-state index contributed by atoms with van der Waals surface area (Å²) in [4.78, 5) is 11.2. The molecule has 0 bridgehead atoms. The average molecular weight is 268 g/mol. The van der Waals surface area contributed by atoms with Crippen LogP contribution in [0.3, 0.4) is 0 Å². The molecule has 0 aromatic heterocycles. The molecule has 1 aliphatic heterocycles. The Kier molecular flexibility index (Phi) is 4.99. The molecular formula is C15H24O4. The molecule has 1 aliphatic carbocycles. The van der Waals surface area contributed by atoms with Gasteiger partial charge in [0.2, 0.25) is 0 Å². The van der Waals surface area contributed by atoms with Crippen molar-refractivity contribution in [1.29, 1.82) is 0 Å². The number of aliphatic hydroxyl groups excluding tert-OH is 2. The predicted molar refractivity (Wildman–Crippen MR) is 71.4 cm³/mol. The molecule has 2 N–H and O–H groups in total. The molecule has 4 nitrogen and oxygen atoms in total. The molecular weight excluding hydrogens is 244 g/mol. The quantitative estimate of drug-likeness (QED) is 0.438. The van der Waals surface area contributed by atoms with Crippen LogP contribution in [0.4, 0.5) is 0 Å². The molecule has 0 spiro atoms. The summed E-state index contributed by atoms with van der Waals surface area (Å²) in [6, 6.07) is 0. The van der Waals surface area contributed by atoms with Gasteiger partial charge in [-0.15, -0.1) is 0 Å². The highest BCUT2D eigenvalue weighted by molar-refractivity contribution is 5.72. The fourth-order valence-corrected chi connectivity index (χ4v) is 3.14. The smallest absolute Gasteiger partial charge is 0.306 e. The molecule has 1 saturated heterocycles. The maximum Gasteiger partial charge on any atom is 0.306 e. The zero-order chi connectivity index (χ0) is 13.8. The molecule has 0 unspecified atom stereocenters. The van der Waals surface area contributed by atoms with Gasteiger partial charge in [0, 0.05) is 18.3 Å². The van der Waals surface area contributed by atoms with Gasteiger partial charge < -0.3 is 14.9 Å². The third-order valence-electron chi connectivity index (χ3n) is 4.23. The van der Waals surface area contributed by atoms with Gasteiger partial charge in [-0.3, -0.25) is 4.79 Å². The van der Waals surface area contributed by atoms with Gasteiger partial charge >= 0.3 is 5.97 Å². The number of esters is 1. The SMILES string of the molecule is CCCCC[C@H](O)/C=C/[C@H]1[C@@H]2CC(=O)O[C@@H]2C[C@H]1O. The van der Waals surface area contributed by atoms with Crippen molar-refractivity contribution in [1.82, 2.24) is 0 Å². The Morgan fingerprint density at radius 3 is 3.00 bits per heavy atom. The van der Waals surface area contributed by atoms with E-state index in [0.717, 1.165) is 25.7 Å². The van der Waals surface area contributed by atoms with Crippen molar-refractivity contribution < 1.29 is 19.7 Å². The Morgan fingerprint density at radius 1 is 1.47 bits per heavy atom. The highest BCUT2D eigenvalue weighted by Gasteiger charge is 2.48. The number of rotatable bonds is 6. The molecule has 1 saturated carbocycles. The van der Waals surface area contributed by atoms with Crippen LogP contribution in [0.2, 0.25) is 0 Å². The Morgan fingerprint density at radius 2 is 2.26 bits per heavy atom. The van der Waals surface area contributed by atoms with Crippen LogP contribution in [0.5, 0.6) is 0 Å². The van der Waals surface area contributed by atoms with E-state index >= 15 is 0 Å².